The van der Waals surface area contributed by atoms with Gasteiger partial charge in [-0.2, -0.15) is 0 Å². The van der Waals surface area contributed by atoms with E-state index in [0.29, 0.717) is 6.42 Å². The predicted molar refractivity (Wildman–Crippen MR) is 85.1 cm³/mol. The van der Waals surface area contributed by atoms with Crippen LogP contribution in [0.15, 0.2) is 18.2 Å². The number of hydrogen-bond donors (Lipinski definition) is 1. The number of nitrogens with one attached hydrogen (secondary N) is 1. The molecule has 1 aromatic rings. The topological polar surface area (TPSA) is 81.7 Å². The van der Waals surface area contributed by atoms with Gasteiger partial charge in [0.1, 0.15) is 11.9 Å². The fraction of sp³-hybridized carbons (Fsp3) is 0.438. The molecular weight excluding hydrogens is 341 g/mol. The van der Waals surface area contributed by atoms with E-state index in [1.54, 1.807) is 0 Å². The minimum Gasteiger partial charge on any atom is -0.467 e. The van der Waals surface area contributed by atoms with Crippen LogP contribution in [0, 0.1) is 11.7 Å². The van der Waals surface area contributed by atoms with Gasteiger partial charge in [-0.25, -0.2) is 14.0 Å². The van der Waals surface area contributed by atoms with Crippen LogP contribution in [0.1, 0.15) is 30.6 Å². The number of hydrogen-bond acceptors (Lipinski definition) is 5. The third kappa shape index (κ3) is 6.16. The lowest BCUT2D eigenvalue weighted by Gasteiger charge is -2.18. The molecule has 8 heteroatoms. The minimum atomic E-state index is -0.867. The van der Waals surface area contributed by atoms with Crippen molar-refractivity contribution in [2.24, 2.45) is 5.92 Å². The summed E-state index contributed by atoms with van der Waals surface area (Å²) < 4.78 is 22.4. The van der Waals surface area contributed by atoms with Crippen LogP contribution in [0.3, 0.4) is 0 Å². The smallest absolute Gasteiger partial charge is 0.340 e. The Balaban J connectivity index is 2.60. The second kappa shape index (κ2) is 9.22. The Kier molecular flexibility index (Phi) is 7.64. The zero-order chi connectivity index (χ0) is 18.3. The Morgan fingerprint density at radius 3 is 2.50 bits per heavy atom. The van der Waals surface area contributed by atoms with E-state index in [1.807, 2.05) is 13.8 Å². The lowest BCUT2D eigenvalue weighted by molar-refractivity contribution is -0.145. The van der Waals surface area contributed by atoms with Crippen molar-refractivity contribution in [2.45, 2.75) is 26.3 Å². The zero-order valence-electron chi connectivity index (χ0n) is 13.6. The molecule has 1 N–H and O–H groups in total. The molecule has 1 rings (SSSR count). The monoisotopic (exact) mass is 359 g/mol. The number of carbonyl (C=O) groups excluding carboxylic acids is 3. The average Bonchev–Trinajstić information content (AvgIpc) is 2.50. The molecule has 0 heterocycles. The maximum Gasteiger partial charge on any atom is 0.340 e. The van der Waals surface area contributed by atoms with Gasteiger partial charge in [0.2, 0.25) is 0 Å². The number of carbonyl (C=O) groups is 3. The van der Waals surface area contributed by atoms with Crippen molar-refractivity contribution < 1.29 is 28.2 Å². The Hall–Kier alpha value is -2.15. The Bertz CT molecular complexity index is 620. The van der Waals surface area contributed by atoms with Gasteiger partial charge in [0.25, 0.3) is 5.91 Å². The molecular formula is C16H19ClFNO5. The van der Waals surface area contributed by atoms with Crippen molar-refractivity contribution in [1.82, 2.24) is 5.32 Å². The third-order valence-electron chi connectivity index (χ3n) is 3.01. The number of halogens is 2. The number of ether oxygens (including phenoxy) is 2. The van der Waals surface area contributed by atoms with Crippen molar-refractivity contribution in [1.29, 1.82) is 0 Å². The first-order valence-electron chi connectivity index (χ1n) is 7.24. The highest BCUT2D eigenvalue weighted by atomic mass is 35.5. The summed E-state index contributed by atoms with van der Waals surface area (Å²) in [6, 6.07) is 2.36. The van der Waals surface area contributed by atoms with Crippen molar-refractivity contribution in [3.05, 3.63) is 34.6 Å². The quantitative estimate of drug-likeness (QED) is 0.756. The van der Waals surface area contributed by atoms with Gasteiger partial charge < -0.3 is 14.8 Å². The number of benzene rings is 1. The highest BCUT2D eigenvalue weighted by molar-refractivity contribution is 6.33. The molecule has 0 aliphatic rings. The first-order chi connectivity index (χ1) is 11.2. The van der Waals surface area contributed by atoms with E-state index in [0.717, 1.165) is 18.2 Å². The SMILES string of the molecule is COC(=O)[C@H](CC(C)C)NC(=O)COC(=O)c1ccc(F)cc1Cl. The molecule has 0 spiro atoms. The van der Waals surface area contributed by atoms with E-state index in [2.05, 4.69) is 10.1 Å². The summed E-state index contributed by atoms with van der Waals surface area (Å²) in [5.41, 5.74) is -0.0578. The molecule has 0 unspecified atom stereocenters. The van der Waals surface area contributed by atoms with Gasteiger partial charge in [0.15, 0.2) is 6.61 Å². The van der Waals surface area contributed by atoms with Crippen molar-refractivity contribution in [3.8, 4) is 0 Å². The van der Waals surface area contributed by atoms with E-state index in [1.165, 1.54) is 7.11 Å². The Morgan fingerprint density at radius 1 is 1.29 bits per heavy atom. The van der Waals surface area contributed by atoms with Crippen molar-refractivity contribution in [2.75, 3.05) is 13.7 Å². The Morgan fingerprint density at radius 2 is 1.96 bits per heavy atom. The lowest BCUT2D eigenvalue weighted by Crippen LogP contribution is -2.44. The third-order valence-corrected chi connectivity index (χ3v) is 3.33. The van der Waals surface area contributed by atoms with Crippen LogP contribution < -0.4 is 5.32 Å². The summed E-state index contributed by atoms with van der Waals surface area (Å²) >= 11 is 5.74. The normalized spacial score (nSPS) is 11.8. The van der Waals surface area contributed by atoms with Crippen LogP contribution in [0.2, 0.25) is 5.02 Å². The first-order valence-corrected chi connectivity index (χ1v) is 7.61. The molecule has 0 bridgehead atoms. The fourth-order valence-corrected chi connectivity index (χ4v) is 2.17. The van der Waals surface area contributed by atoms with Crippen LogP contribution in [0.4, 0.5) is 4.39 Å². The van der Waals surface area contributed by atoms with E-state index in [9.17, 15) is 18.8 Å². The molecule has 0 radical (unpaired) electrons. The van der Waals surface area contributed by atoms with Gasteiger partial charge in [-0.3, -0.25) is 4.79 Å². The maximum atomic E-state index is 12.9. The molecule has 0 fully saturated rings. The summed E-state index contributed by atoms with van der Waals surface area (Å²) in [6.07, 6.45) is 0.385. The standard InChI is InChI=1S/C16H19ClFNO5/c1-9(2)6-13(16(22)23-3)19-14(20)8-24-15(21)11-5-4-10(18)7-12(11)17/h4-5,7,9,13H,6,8H2,1-3H3,(H,19,20)/t13-/m0/s1. The van der Waals surface area contributed by atoms with E-state index < -0.39 is 36.3 Å². The molecule has 0 saturated heterocycles. The van der Waals surface area contributed by atoms with E-state index >= 15 is 0 Å². The van der Waals surface area contributed by atoms with Crippen molar-refractivity contribution in [3.63, 3.8) is 0 Å². The van der Waals surface area contributed by atoms with Gasteiger partial charge in [0, 0.05) is 0 Å². The number of methoxy groups -OCH3 is 1. The second-order valence-electron chi connectivity index (χ2n) is 5.47. The summed E-state index contributed by atoms with van der Waals surface area (Å²) in [5.74, 6) is -2.55. The molecule has 1 amide bonds. The minimum absolute atomic E-state index is 0.0578. The van der Waals surface area contributed by atoms with Crippen LogP contribution in [-0.4, -0.2) is 37.6 Å². The van der Waals surface area contributed by atoms with E-state index in [-0.39, 0.29) is 16.5 Å². The zero-order valence-corrected chi connectivity index (χ0v) is 14.4. The molecule has 6 nitrogen and oxygen atoms in total. The van der Waals surface area contributed by atoms with Gasteiger partial charge in [-0.05, 0) is 30.5 Å². The predicted octanol–water partition coefficient (Wildman–Crippen LogP) is 2.34. The highest BCUT2D eigenvalue weighted by Gasteiger charge is 2.23. The molecule has 0 aliphatic heterocycles. The first kappa shape index (κ1) is 19.9. The molecule has 132 valence electrons. The molecule has 1 aromatic carbocycles. The molecule has 0 aliphatic carbocycles. The van der Waals surface area contributed by atoms with Gasteiger partial charge in [0.05, 0.1) is 17.7 Å². The Labute approximate surface area is 144 Å². The summed E-state index contributed by atoms with van der Waals surface area (Å²) in [6.45, 7) is 3.18. The average molecular weight is 360 g/mol. The maximum absolute atomic E-state index is 12.9. The largest absolute Gasteiger partial charge is 0.467 e. The van der Waals surface area contributed by atoms with Crippen LogP contribution >= 0.6 is 11.6 Å². The molecule has 1 atom stereocenters. The van der Waals surface area contributed by atoms with Gasteiger partial charge in [-0.1, -0.05) is 25.4 Å². The fourth-order valence-electron chi connectivity index (χ4n) is 1.93. The van der Waals surface area contributed by atoms with Gasteiger partial charge in [-0.15, -0.1) is 0 Å². The number of esters is 2. The van der Waals surface area contributed by atoms with E-state index in [4.69, 9.17) is 16.3 Å². The number of amides is 1. The van der Waals surface area contributed by atoms with Crippen molar-refractivity contribution >= 4 is 29.4 Å². The van der Waals surface area contributed by atoms with Gasteiger partial charge >= 0.3 is 11.9 Å². The lowest BCUT2D eigenvalue weighted by atomic mass is 10.0. The highest BCUT2D eigenvalue weighted by Crippen LogP contribution is 2.18. The number of rotatable bonds is 7. The van der Waals surface area contributed by atoms with Crippen LogP contribution in [0.25, 0.3) is 0 Å². The summed E-state index contributed by atoms with van der Waals surface area (Å²) in [4.78, 5) is 35.3. The molecule has 0 aromatic heterocycles. The van der Waals surface area contributed by atoms with Crippen LogP contribution in [-0.2, 0) is 19.1 Å². The van der Waals surface area contributed by atoms with Crippen LogP contribution in [0.5, 0.6) is 0 Å². The molecule has 0 saturated carbocycles. The second-order valence-corrected chi connectivity index (χ2v) is 5.88. The summed E-state index contributed by atoms with van der Waals surface area (Å²) in [5, 5.41) is 2.33. The molecule has 24 heavy (non-hydrogen) atoms. The summed E-state index contributed by atoms with van der Waals surface area (Å²) in [7, 11) is 1.22.